The summed E-state index contributed by atoms with van der Waals surface area (Å²) in [5.41, 5.74) is 6.60. The van der Waals surface area contributed by atoms with Gasteiger partial charge in [-0.25, -0.2) is 8.42 Å². The topological polar surface area (TPSA) is 107 Å². The zero-order chi connectivity index (χ0) is 18.4. The minimum Gasteiger partial charge on any atom is -0.330 e. The minimum absolute atomic E-state index is 0.0450. The molecule has 0 radical (unpaired) electrons. The molecule has 0 aliphatic carbocycles. The SMILES string of the molecule is Cc1cc(S(=O)(=O)N(CCCN)Cc2ccccc2)ccc1[N+](=O)[O-]. The van der Waals surface area contributed by atoms with Gasteiger partial charge in [-0.05, 0) is 37.6 Å². The van der Waals surface area contributed by atoms with Crippen molar-refractivity contribution < 1.29 is 13.3 Å². The highest BCUT2D eigenvalue weighted by atomic mass is 32.2. The van der Waals surface area contributed by atoms with Crippen molar-refractivity contribution in [3.8, 4) is 0 Å². The molecule has 0 aromatic heterocycles. The lowest BCUT2D eigenvalue weighted by Crippen LogP contribution is -2.32. The number of nitrogens with zero attached hydrogens (tertiary/aromatic N) is 2. The lowest BCUT2D eigenvalue weighted by molar-refractivity contribution is -0.385. The maximum atomic E-state index is 13.0. The Bertz CT molecular complexity index is 838. The van der Waals surface area contributed by atoms with Crippen LogP contribution in [0.1, 0.15) is 17.5 Å². The van der Waals surface area contributed by atoms with Crippen molar-refractivity contribution in [3.63, 3.8) is 0 Å². The molecule has 0 unspecified atom stereocenters. The molecule has 2 aromatic rings. The van der Waals surface area contributed by atoms with Gasteiger partial charge in [0.05, 0.1) is 9.82 Å². The summed E-state index contributed by atoms with van der Waals surface area (Å²) in [6.07, 6.45) is 0.526. The Morgan fingerprint density at radius 3 is 2.40 bits per heavy atom. The Labute approximate surface area is 147 Å². The summed E-state index contributed by atoms with van der Waals surface area (Å²) < 4.78 is 27.3. The Balaban J connectivity index is 2.37. The first-order valence-corrected chi connectivity index (χ1v) is 9.29. The van der Waals surface area contributed by atoms with Crippen molar-refractivity contribution in [1.82, 2.24) is 4.31 Å². The lowest BCUT2D eigenvalue weighted by atomic mass is 10.2. The van der Waals surface area contributed by atoms with E-state index in [1.165, 1.54) is 29.4 Å². The maximum Gasteiger partial charge on any atom is 0.272 e. The van der Waals surface area contributed by atoms with Gasteiger partial charge in [-0.1, -0.05) is 30.3 Å². The zero-order valence-electron chi connectivity index (χ0n) is 14.0. The molecule has 0 fully saturated rings. The summed E-state index contributed by atoms with van der Waals surface area (Å²) in [5.74, 6) is 0. The van der Waals surface area contributed by atoms with Crippen molar-refractivity contribution in [3.05, 3.63) is 69.8 Å². The van der Waals surface area contributed by atoms with Crippen LogP contribution >= 0.6 is 0 Å². The van der Waals surface area contributed by atoms with Crippen molar-refractivity contribution in [2.75, 3.05) is 13.1 Å². The Kier molecular flexibility index (Phi) is 6.24. The van der Waals surface area contributed by atoms with Gasteiger partial charge >= 0.3 is 0 Å². The number of hydrogen-bond donors (Lipinski definition) is 1. The second-order valence-electron chi connectivity index (χ2n) is 5.67. The first kappa shape index (κ1) is 19.0. The molecular formula is C17H21N3O4S. The molecule has 0 atom stereocenters. The quantitative estimate of drug-likeness (QED) is 0.573. The van der Waals surface area contributed by atoms with Gasteiger partial charge in [0.1, 0.15) is 0 Å². The van der Waals surface area contributed by atoms with Gasteiger partial charge in [0.25, 0.3) is 5.69 Å². The average molecular weight is 363 g/mol. The van der Waals surface area contributed by atoms with Crippen molar-refractivity contribution in [1.29, 1.82) is 0 Å². The van der Waals surface area contributed by atoms with E-state index in [0.717, 1.165) is 5.56 Å². The summed E-state index contributed by atoms with van der Waals surface area (Å²) in [6.45, 7) is 2.40. The largest absolute Gasteiger partial charge is 0.330 e. The predicted molar refractivity (Wildman–Crippen MR) is 95.5 cm³/mol. The van der Waals surface area contributed by atoms with Crippen LogP contribution in [0, 0.1) is 17.0 Å². The van der Waals surface area contributed by atoms with Crippen LogP contribution in [0.2, 0.25) is 0 Å². The predicted octanol–water partition coefficient (Wildman–Crippen LogP) is 2.44. The summed E-state index contributed by atoms with van der Waals surface area (Å²) >= 11 is 0. The molecular weight excluding hydrogens is 342 g/mol. The van der Waals surface area contributed by atoms with Crippen LogP contribution in [-0.4, -0.2) is 30.7 Å². The number of benzene rings is 2. The molecule has 2 aromatic carbocycles. The van der Waals surface area contributed by atoms with E-state index in [4.69, 9.17) is 5.73 Å². The van der Waals surface area contributed by atoms with E-state index < -0.39 is 14.9 Å². The van der Waals surface area contributed by atoms with Crippen molar-refractivity contribution in [2.24, 2.45) is 5.73 Å². The Morgan fingerprint density at radius 1 is 1.16 bits per heavy atom. The van der Waals surface area contributed by atoms with Gasteiger partial charge in [0, 0.05) is 24.7 Å². The number of nitro benzene ring substituents is 1. The normalized spacial score (nSPS) is 11.6. The molecule has 0 bridgehead atoms. The summed E-state index contributed by atoms with van der Waals surface area (Å²) in [7, 11) is -3.78. The zero-order valence-corrected chi connectivity index (χ0v) is 14.8. The molecule has 0 saturated heterocycles. The molecule has 0 aliphatic rings. The van der Waals surface area contributed by atoms with Gasteiger partial charge in [-0.15, -0.1) is 0 Å². The fourth-order valence-electron chi connectivity index (χ4n) is 2.48. The van der Waals surface area contributed by atoms with Crippen molar-refractivity contribution >= 4 is 15.7 Å². The number of sulfonamides is 1. The van der Waals surface area contributed by atoms with E-state index in [2.05, 4.69) is 0 Å². The van der Waals surface area contributed by atoms with Gasteiger partial charge in [-0.3, -0.25) is 10.1 Å². The third-order valence-corrected chi connectivity index (χ3v) is 5.66. The summed E-state index contributed by atoms with van der Waals surface area (Å²) in [6, 6.07) is 13.1. The highest BCUT2D eigenvalue weighted by Gasteiger charge is 2.26. The number of hydrogen-bond acceptors (Lipinski definition) is 5. The number of rotatable bonds is 8. The molecule has 0 spiro atoms. The number of nitrogens with two attached hydrogens (primary N) is 1. The Morgan fingerprint density at radius 2 is 1.84 bits per heavy atom. The Hall–Kier alpha value is -2.29. The van der Waals surface area contributed by atoms with E-state index in [1.54, 1.807) is 0 Å². The number of nitro groups is 1. The molecule has 0 heterocycles. The average Bonchev–Trinajstić information content (AvgIpc) is 2.58. The van der Waals surface area contributed by atoms with Gasteiger partial charge in [0.15, 0.2) is 0 Å². The standard InChI is InChI=1S/C17H21N3O4S/c1-14-12-16(8-9-17(14)20(21)22)25(23,24)19(11-5-10-18)13-15-6-3-2-4-7-15/h2-4,6-9,12H,5,10-11,13,18H2,1H3. The molecule has 0 saturated carbocycles. The van der Waals surface area contributed by atoms with Crippen molar-refractivity contribution in [2.45, 2.75) is 24.8 Å². The van der Waals surface area contributed by atoms with E-state index in [9.17, 15) is 18.5 Å². The third kappa shape index (κ3) is 4.62. The first-order valence-electron chi connectivity index (χ1n) is 7.85. The smallest absolute Gasteiger partial charge is 0.272 e. The molecule has 2 rings (SSSR count). The van der Waals surface area contributed by atoms with Crippen LogP contribution in [-0.2, 0) is 16.6 Å². The molecule has 8 heteroatoms. The first-order chi connectivity index (χ1) is 11.9. The van der Waals surface area contributed by atoms with Crippen LogP contribution in [0.25, 0.3) is 0 Å². The van der Waals surface area contributed by atoms with Gasteiger partial charge in [-0.2, -0.15) is 4.31 Å². The van der Waals surface area contributed by atoms with Crippen LogP contribution in [0.15, 0.2) is 53.4 Å². The van der Waals surface area contributed by atoms with Gasteiger partial charge in [0.2, 0.25) is 10.0 Å². The van der Waals surface area contributed by atoms with Crippen LogP contribution in [0.3, 0.4) is 0 Å². The van der Waals surface area contributed by atoms with Crippen LogP contribution in [0.4, 0.5) is 5.69 Å². The monoisotopic (exact) mass is 363 g/mol. The highest BCUT2D eigenvalue weighted by molar-refractivity contribution is 7.89. The lowest BCUT2D eigenvalue weighted by Gasteiger charge is -2.22. The van der Waals surface area contributed by atoms with E-state index >= 15 is 0 Å². The molecule has 0 aliphatic heterocycles. The summed E-state index contributed by atoms with van der Waals surface area (Å²) in [4.78, 5) is 10.5. The van der Waals surface area contributed by atoms with E-state index in [-0.39, 0.29) is 23.7 Å². The molecule has 2 N–H and O–H groups in total. The van der Waals surface area contributed by atoms with Crippen LogP contribution in [0.5, 0.6) is 0 Å². The van der Waals surface area contributed by atoms with E-state index in [0.29, 0.717) is 18.5 Å². The molecule has 134 valence electrons. The third-order valence-electron chi connectivity index (χ3n) is 3.82. The van der Waals surface area contributed by atoms with E-state index in [1.807, 2.05) is 30.3 Å². The number of aryl methyl sites for hydroxylation is 1. The van der Waals surface area contributed by atoms with Crippen LogP contribution < -0.4 is 5.73 Å². The molecule has 0 amide bonds. The minimum atomic E-state index is -3.78. The second kappa shape index (κ2) is 8.19. The molecule has 25 heavy (non-hydrogen) atoms. The second-order valence-corrected chi connectivity index (χ2v) is 7.61. The fraction of sp³-hybridized carbons (Fsp3) is 0.294. The fourth-order valence-corrected chi connectivity index (χ4v) is 4.03. The van der Waals surface area contributed by atoms with Gasteiger partial charge < -0.3 is 5.73 Å². The highest BCUT2D eigenvalue weighted by Crippen LogP contribution is 2.25. The molecule has 7 nitrogen and oxygen atoms in total. The summed E-state index contributed by atoms with van der Waals surface area (Å²) in [5, 5.41) is 10.9. The maximum absolute atomic E-state index is 13.0.